The zero-order valence-corrected chi connectivity index (χ0v) is 14.1. The van der Waals surface area contributed by atoms with E-state index in [0.717, 1.165) is 29.3 Å². The number of hydrogen-bond donors (Lipinski definition) is 2. The number of guanidine groups is 1. The number of halogens is 1. The normalized spacial score (nSPS) is 11.3. The van der Waals surface area contributed by atoms with Crippen LogP contribution in [0.4, 0.5) is 0 Å². The van der Waals surface area contributed by atoms with Crippen LogP contribution in [0.5, 0.6) is 5.75 Å². The van der Waals surface area contributed by atoms with Gasteiger partial charge in [-0.3, -0.25) is 4.99 Å². The summed E-state index contributed by atoms with van der Waals surface area (Å²) in [5.74, 6) is 1.68. The van der Waals surface area contributed by atoms with Crippen molar-refractivity contribution in [1.82, 2.24) is 10.6 Å². The summed E-state index contributed by atoms with van der Waals surface area (Å²) >= 11 is 3.49. The first-order valence-electron chi connectivity index (χ1n) is 6.98. The van der Waals surface area contributed by atoms with Gasteiger partial charge in [0.2, 0.25) is 0 Å². The molecule has 0 fully saturated rings. The molecule has 0 radical (unpaired) electrons. The summed E-state index contributed by atoms with van der Waals surface area (Å²) in [5.41, 5.74) is 1.18. The Morgan fingerprint density at radius 1 is 1.30 bits per heavy atom. The van der Waals surface area contributed by atoms with E-state index in [-0.39, 0.29) is 0 Å². The Morgan fingerprint density at radius 2 is 2.10 bits per heavy atom. The number of unbranched alkanes of at least 4 members (excludes halogenated alkanes) is 2. The van der Waals surface area contributed by atoms with E-state index >= 15 is 0 Å². The average Bonchev–Trinajstić information content (AvgIpc) is 2.46. The third-order valence-corrected chi connectivity index (χ3v) is 3.59. The minimum atomic E-state index is 0.732. The quantitative estimate of drug-likeness (QED) is 0.454. The van der Waals surface area contributed by atoms with E-state index in [2.05, 4.69) is 44.5 Å². The second kappa shape index (κ2) is 9.64. The lowest BCUT2D eigenvalue weighted by Gasteiger charge is -2.12. The number of rotatable bonds is 7. The highest BCUT2D eigenvalue weighted by molar-refractivity contribution is 9.10. The van der Waals surface area contributed by atoms with Gasteiger partial charge in [0, 0.05) is 20.1 Å². The van der Waals surface area contributed by atoms with Crippen molar-refractivity contribution in [1.29, 1.82) is 0 Å². The van der Waals surface area contributed by atoms with E-state index in [1.807, 2.05) is 12.1 Å². The van der Waals surface area contributed by atoms with Crippen molar-refractivity contribution in [2.75, 3.05) is 20.7 Å². The van der Waals surface area contributed by atoms with Crippen LogP contribution in [-0.4, -0.2) is 26.7 Å². The molecule has 0 bridgehead atoms. The van der Waals surface area contributed by atoms with Crippen LogP contribution in [0.3, 0.4) is 0 Å². The van der Waals surface area contributed by atoms with E-state index in [1.54, 1.807) is 14.2 Å². The Hall–Kier alpha value is -1.23. The Bertz CT molecular complexity index is 435. The van der Waals surface area contributed by atoms with Gasteiger partial charge in [0.25, 0.3) is 0 Å². The smallest absolute Gasteiger partial charge is 0.191 e. The molecule has 0 atom stereocenters. The highest BCUT2D eigenvalue weighted by Crippen LogP contribution is 2.25. The molecule has 0 unspecified atom stereocenters. The molecule has 2 N–H and O–H groups in total. The van der Waals surface area contributed by atoms with Gasteiger partial charge in [0.05, 0.1) is 11.6 Å². The first-order chi connectivity index (χ1) is 9.71. The maximum atomic E-state index is 5.22. The number of ether oxygens (including phenoxy) is 1. The summed E-state index contributed by atoms with van der Waals surface area (Å²) in [5, 5.41) is 6.62. The number of nitrogens with one attached hydrogen (secondary N) is 2. The molecule has 1 rings (SSSR count). The fourth-order valence-corrected chi connectivity index (χ4v) is 2.40. The van der Waals surface area contributed by atoms with Gasteiger partial charge in [-0.05, 0) is 40.0 Å². The van der Waals surface area contributed by atoms with Crippen LogP contribution >= 0.6 is 15.9 Å². The third kappa shape index (κ3) is 5.82. The molecule has 0 aromatic heterocycles. The maximum absolute atomic E-state index is 5.22. The van der Waals surface area contributed by atoms with Gasteiger partial charge in [-0.15, -0.1) is 0 Å². The largest absolute Gasteiger partial charge is 0.496 e. The van der Waals surface area contributed by atoms with Gasteiger partial charge in [0.1, 0.15) is 5.75 Å². The average molecular weight is 342 g/mol. The number of aliphatic imine (C=N–C) groups is 1. The van der Waals surface area contributed by atoms with Gasteiger partial charge < -0.3 is 15.4 Å². The molecule has 0 saturated heterocycles. The van der Waals surface area contributed by atoms with Crippen LogP contribution in [0.15, 0.2) is 27.7 Å². The second-order valence-electron chi connectivity index (χ2n) is 4.53. The molecule has 1 aromatic carbocycles. The fraction of sp³-hybridized carbons (Fsp3) is 0.533. The Kier molecular flexibility index (Phi) is 8.11. The predicted molar refractivity (Wildman–Crippen MR) is 88.4 cm³/mol. The van der Waals surface area contributed by atoms with E-state index in [9.17, 15) is 0 Å². The van der Waals surface area contributed by atoms with Crippen LogP contribution < -0.4 is 15.4 Å². The van der Waals surface area contributed by atoms with Gasteiger partial charge in [-0.2, -0.15) is 0 Å². The fourth-order valence-electron chi connectivity index (χ4n) is 1.81. The Balaban J connectivity index is 2.42. The molecule has 1 aromatic rings. The molecular weight excluding hydrogens is 318 g/mol. The summed E-state index contributed by atoms with van der Waals surface area (Å²) in [7, 11) is 3.46. The minimum Gasteiger partial charge on any atom is -0.496 e. The summed E-state index contributed by atoms with van der Waals surface area (Å²) in [6.07, 6.45) is 3.65. The number of benzene rings is 1. The second-order valence-corrected chi connectivity index (χ2v) is 5.38. The van der Waals surface area contributed by atoms with E-state index in [1.165, 1.54) is 24.8 Å². The number of hydrogen-bond acceptors (Lipinski definition) is 2. The number of methoxy groups -OCH3 is 1. The van der Waals surface area contributed by atoms with Gasteiger partial charge in [0.15, 0.2) is 5.96 Å². The molecule has 0 heterocycles. The lowest BCUT2D eigenvalue weighted by Crippen LogP contribution is -2.37. The van der Waals surface area contributed by atoms with Crippen molar-refractivity contribution in [3.8, 4) is 5.75 Å². The predicted octanol–water partition coefficient (Wildman–Crippen LogP) is 3.31. The van der Waals surface area contributed by atoms with E-state index in [4.69, 9.17) is 4.74 Å². The van der Waals surface area contributed by atoms with Crippen LogP contribution in [0, 0.1) is 0 Å². The molecule has 0 aliphatic rings. The van der Waals surface area contributed by atoms with Crippen LogP contribution in [0.1, 0.15) is 31.7 Å². The van der Waals surface area contributed by atoms with Crippen molar-refractivity contribution < 1.29 is 4.74 Å². The standard InChI is InChI=1S/C15H24BrN3O/c1-4-5-6-9-18-15(17-2)19-11-12-7-8-14(20-3)13(16)10-12/h7-8,10H,4-6,9,11H2,1-3H3,(H2,17,18,19). The summed E-state index contributed by atoms with van der Waals surface area (Å²) in [4.78, 5) is 4.21. The van der Waals surface area contributed by atoms with Crippen molar-refractivity contribution in [3.63, 3.8) is 0 Å². The Morgan fingerprint density at radius 3 is 2.70 bits per heavy atom. The van der Waals surface area contributed by atoms with Crippen LogP contribution in [-0.2, 0) is 6.54 Å². The summed E-state index contributed by atoms with van der Waals surface area (Å²) in [6, 6.07) is 6.05. The SMILES string of the molecule is CCCCCNC(=NC)NCc1ccc(OC)c(Br)c1. The molecule has 20 heavy (non-hydrogen) atoms. The molecular formula is C15H24BrN3O. The Labute approximate surface area is 130 Å². The number of nitrogens with zero attached hydrogens (tertiary/aromatic N) is 1. The monoisotopic (exact) mass is 341 g/mol. The van der Waals surface area contributed by atoms with E-state index < -0.39 is 0 Å². The zero-order chi connectivity index (χ0) is 14.8. The molecule has 0 amide bonds. The maximum Gasteiger partial charge on any atom is 0.191 e. The van der Waals surface area contributed by atoms with Gasteiger partial charge in [-0.1, -0.05) is 25.8 Å². The highest BCUT2D eigenvalue weighted by Gasteiger charge is 2.02. The lowest BCUT2D eigenvalue weighted by atomic mass is 10.2. The molecule has 0 spiro atoms. The first kappa shape index (κ1) is 16.8. The van der Waals surface area contributed by atoms with Crippen LogP contribution in [0.2, 0.25) is 0 Å². The van der Waals surface area contributed by atoms with Crippen molar-refractivity contribution >= 4 is 21.9 Å². The molecule has 0 saturated carbocycles. The molecule has 4 nitrogen and oxygen atoms in total. The zero-order valence-electron chi connectivity index (χ0n) is 12.5. The highest BCUT2D eigenvalue weighted by atomic mass is 79.9. The third-order valence-electron chi connectivity index (χ3n) is 2.97. The van der Waals surface area contributed by atoms with Crippen molar-refractivity contribution in [2.45, 2.75) is 32.7 Å². The van der Waals surface area contributed by atoms with Crippen molar-refractivity contribution in [2.24, 2.45) is 4.99 Å². The summed E-state index contributed by atoms with van der Waals surface area (Å²) in [6.45, 7) is 3.89. The van der Waals surface area contributed by atoms with Crippen molar-refractivity contribution in [3.05, 3.63) is 28.2 Å². The lowest BCUT2D eigenvalue weighted by molar-refractivity contribution is 0.412. The minimum absolute atomic E-state index is 0.732. The summed E-state index contributed by atoms with van der Waals surface area (Å²) < 4.78 is 6.18. The van der Waals surface area contributed by atoms with Crippen LogP contribution in [0.25, 0.3) is 0 Å². The molecule has 112 valence electrons. The molecule has 0 aliphatic heterocycles. The van der Waals surface area contributed by atoms with Gasteiger partial charge in [-0.25, -0.2) is 0 Å². The topological polar surface area (TPSA) is 45.7 Å². The van der Waals surface area contributed by atoms with Gasteiger partial charge >= 0.3 is 0 Å². The molecule has 5 heteroatoms. The molecule has 0 aliphatic carbocycles. The van der Waals surface area contributed by atoms with E-state index in [0.29, 0.717) is 0 Å². The first-order valence-corrected chi connectivity index (χ1v) is 7.77.